The van der Waals surface area contributed by atoms with Crippen LogP contribution in [0, 0.1) is 0 Å². The number of benzene rings is 7. The Kier molecular flexibility index (Phi) is 6.31. The van der Waals surface area contributed by atoms with Gasteiger partial charge in [0.25, 0.3) is 0 Å². The summed E-state index contributed by atoms with van der Waals surface area (Å²) in [6, 6.07) is 48.3. The Labute approximate surface area is 268 Å². The summed E-state index contributed by atoms with van der Waals surface area (Å²) < 4.78 is 0. The van der Waals surface area contributed by atoms with E-state index >= 15 is 0 Å². The first kappa shape index (κ1) is 26.5. The minimum atomic E-state index is 0.974. The molecular formula is C44H30N2. The maximum Gasteiger partial charge on any atom is 0.116 e. The zero-order chi connectivity index (χ0) is 30.5. The Bertz CT molecular complexity index is 2440. The molecule has 8 aromatic rings. The number of rotatable bonds is 4. The number of allylic oxidation sites excluding steroid dienone is 1. The molecule has 0 atom stereocenters. The Balaban J connectivity index is 1.30. The van der Waals surface area contributed by atoms with Crippen LogP contribution in [-0.2, 0) is 6.42 Å². The summed E-state index contributed by atoms with van der Waals surface area (Å²) in [4.78, 5) is 9.27. The van der Waals surface area contributed by atoms with Crippen LogP contribution in [0.25, 0.3) is 83.0 Å². The second kappa shape index (κ2) is 10.9. The molecule has 0 unspecified atom stereocenters. The number of fused-ring (bicyclic) bond motifs is 5. The monoisotopic (exact) mass is 586 g/mol. The first-order chi connectivity index (χ1) is 22.9. The van der Waals surface area contributed by atoms with E-state index in [2.05, 4.69) is 151 Å². The highest BCUT2D eigenvalue weighted by Crippen LogP contribution is 2.47. The van der Waals surface area contributed by atoms with Crippen molar-refractivity contribution in [2.75, 3.05) is 0 Å². The first-order valence-corrected chi connectivity index (χ1v) is 16.0. The molecule has 1 aliphatic carbocycles. The lowest BCUT2D eigenvalue weighted by molar-refractivity contribution is 0.991. The molecule has 1 aromatic heterocycles. The van der Waals surface area contributed by atoms with E-state index in [1.165, 1.54) is 66.1 Å². The summed E-state index contributed by atoms with van der Waals surface area (Å²) in [7, 11) is 0. The Morgan fingerprint density at radius 1 is 0.435 bits per heavy atom. The van der Waals surface area contributed by atoms with Crippen molar-refractivity contribution < 1.29 is 0 Å². The maximum atomic E-state index is 4.86. The Hall–Kier alpha value is -5.86. The van der Waals surface area contributed by atoms with E-state index in [0.717, 1.165) is 34.9 Å². The number of nitrogens with zero attached hydrogens (tertiary/aromatic N) is 2. The molecule has 0 bridgehead atoms. The molecule has 2 heteroatoms. The summed E-state index contributed by atoms with van der Waals surface area (Å²) in [5.74, 6) is 0. The highest BCUT2D eigenvalue weighted by molar-refractivity contribution is 6.20. The third-order valence-electron chi connectivity index (χ3n) is 9.48. The van der Waals surface area contributed by atoms with Crippen LogP contribution in [0.2, 0.25) is 0 Å². The molecule has 1 heterocycles. The van der Waals surface area contributed by atoms with Gasteiger partial charge in [-0.15, -0.1) is 0 Å². The van der Waals surface area contributed by atoms with E-state index in [9.17, 15) is 0 Å². The molecule has 0 aliphatic heterocycles. The summed E-state index contributed by atoms with van der Waals surface area (Å²) in [5.41, 5.74) is 13.6. The van der Waals surface area contributed by atoms with Gasteiger partial charge >= 0.3 is 0 Å². The third kappa shape index (κ3) is 4.18. The second-order valence-corrected chi connectivity index (χ2v) is 12.0. The number of hydrogen-bond donors (Lipinski definition) is 0. The van der Waals surface area contributed by atoms with E-state index in [-0.39, 0.29) is 0 Å². The van der Waals surface area contributed by atoms with Crippen molar-refractivity contribution in [1.82, 2.24) is 9.97 Å². The molecule has 0 fully saturated rings. The van der Waals surface area contributed by atoms with Gasteiger partial charge in [0, 0.05) is 17.1 Å². The Morgan fingerprint density at radius 2 is 0.957 bits per heavy atom. The maximum absolute atomic E-state index is 4.86. The molecule has 2 nitrogen and oxygen atoms in total. The molecule has 216 valence electrons. The molecule has 7 aromatic carbocycles. The van der Waals surface area contributed by atoms with E-state index in [4.69, 9.17) is 4.98 Å². The van der Waals surface area contributed by atoms with Gasteiger partial charge in [0.05, 0.1) is 5.52 Å². The van der Waals surface area contributed by atoms with Gasteiger partial charge < -0.3 is 0 Å². The van der Waals surface area contributed by atoms with Crippen molar-refractivity contribution in [3.05, 3.63) is 163 Å². The zero-order valence-electron chi connectivity index (χ0n) is 25.3. The first-order valence-electron chi connectivity index (χ1n) is 16.0. The fourth-order valence-corrected chi connectivity index (χ4v) is 7.53. The quantitative estimate of drug-likeness (QED) is 0.192. The van der Waals surface area contributed by atoms with Gasteiger partial charge in [-0.05, 0) is 84.5 Å². The molecule has 1 aliphatic rings. The van der Waals surface area contributed by atoms with Crippen molar-refractivity contribution in [3.8, 4) is 44.5 Å². The van der Waals surface area contributed by atoms with Crippen molar-refractivity contribution >= 4 is 38.5 Å². The van der Waals surface area contributed by atoms with E-state index in [0.29, 0.717) is 0 Å². The van der Waals surface area contributed by atoms with Gasteiger partial charge in [-0.25, -0.2) is 9.97 Å². The van der Waals surface area contributed by atoms with E-state index in [1.807, 2.05) is 6.20 Å². The zero-order valence-corrected chi connectivity index (χ0v) is 25.3. The molecule has 0 amide bonds. The van der Waals surface area contributed by atoms with Crippen molar-refractivity contribution in [2.24, 2.45) is 0 Å². The number of hydrogen-bond acceptors (Lipinski definition) is 2. The van der Waals surface area contributed by atoms with Crippen LogP contribution >= 0.6 is 0 Å². The minimum absolute atomic E-state index is 0.974. The summed E-state index contributed by atoms with van der Waals surface area (Å²) >= 11 is 0. The lowest BCUT2D eigenvalue weighted by atomic mass is 9.80. The fourth-order valence-electron chi connectivity index (χ4n) is 7.53. The minimum Gasteiger partial charge on any atom is -0.244 e. The van der Waals surface area contributed by atoms with Gasteiger partial charge in [-0.3, -0.25) is 0 Å². The van der Waals surface area contributed by atoms with Gasteiger partial charge in [0.15, 0.2) is 0 Å². The largest absolute Gasteiger partial charge is 0.244 e. The molecule has 0 radical (unpaired) electrons. The number of aromatic nitrogens is 2. The Morgan fingerprint density at radius 3 is 1.63 bits per heavy atom. The molecule has 0 saturated heterocycles. The normalized spacial score (nSPS) is 12.5. The van der Waals surface area contributed by atoms with Gasteiger partial charge in [-0.2, -0.15) is 0 Å². The molecule has 0 spiro atoms. The average Bonchev–Trinajstić information content (AvgIpc) is 3.14. The second-order valence-electron chi connectivity index (χ2n) is 12.0. The fraction of sp³-hybridized carbons (Fsp3) is 0.0455. The van der Waals surface area contributed by atoms with Gasteiger partial charge in [0.1, 0.15) is 6.33 Å². The van der Waals surface area contributed by atoms with Crippen LogP contribution in [0.15, 0.2) is 152 Å². The SMILES string of the molecule is C1=Cc2c(c(-c3ccc(-c4c(-c5ccccc5)c5ncncc5c5ccccc45)cc3)c3ccccc3c2-c2ccccc2)CC1. The smallest absolute Gasteiger partial charge is 0.116 e. The highest BCUT2D eigenvalue weighted by atomic mass is 14.8. The standard InChI is InChI=1S/C44H30N2/c1-3-13-29(14-4-1)40-35-19-9-11-21-37(35)41(38-22-12-10-20-36(38)40)31-23-25-32(26-24-31)42-34-18-8-7-17-33(34)39-27-45-28-46-44(39)43(42)30-15-5-2-6-16-30/h1-11,13-21,23-28H,12,22H2. The topological polar surface area (TPSA) is 25.8 Å². The van der Waals surface area contributed by atoms with Crippen LogP contribution in [0.1, 0.15) is 17.5 Å². The van der Waals surface area contributed by atoms with Crippen molar-refractivity contribution in [1.29, 1.82) is 0 Å². The lowest BCUT2D eigenvalue weighted by Gasteiger charge is -2.24. The van der Waals surface area contributed by atoms with E-state index in [1.54, 1.807) is 6.33 Å². The van der Waals surface area contributed by atoms with Crippen molar-refractivity contribution in [3.63, 3.8) is 0 Å². The van der Waals surface area contributed by atoms with Crippen LogP contribution in [0.3, 0.4) is 0 Å². The summed E-state index contributed by atoms with van der Waals surface area (Å²) in [6.07, 6.45) is 10.4. The molecular weight excluding hydrogens is 556 g/mol. The van der Waals surface area contributed by atoms with Crippen LogP contribution in [0.4, 0.5) is 0 Å². The van der Waals surface area contributed by atoms with Crippen LogP contribution in [0.5, 0.6) is 0 Å². The predicted molar refractivity (Wildman–Crippen MR) is 194 cm³/mol. The average molecular weight is 587 g/mol. The molecule has 0 N–H and O–H groups in total. The third-order valence-corrected chi connectivity index (χ3v) is 9.48. The molecule has 0 saturated carbocycles. The molecule has 9 rings (SSSR count). The highest BCUT2D eigenvalue weighted by Gasteiger charge is 2.22. The molecule has 46 heavy (non-hydrogen) atoms. The van der Waals surface area contributed by atoms with Gasteiger partial charge in [0.2, 0.25) is 0 Å². The van der Waals surface area contributed by atoms with Crippen molar-refractivity contribution in [2.45, 2.75) is 12.8 Å². The van der Waals surface area contributed by atoms with Gasteiger partial charge in [-0.1, -0.05) is 146 Å². The predicted octanol–water partition coefficient (Wildman–Crippen LogP) is 11.6. The van der Waals surface area contributed by atoms with E-state index < -0.39 is 0 Å². The lowest BCUT2D eigenvalue weighted by Crippen LogP contribution is -2.02. The van der Waals surface area contributed by atoms with Crippen LogP contribution in [-0.4, -0.2) is 9.97 Å². The summed E-state index contributed by atoms with van der Waals surface area (Å²) in [5, 5.41) is 6.05. The summed E-state index contributed by atoms with van der Waals surface area (Å²) in [6.45, 7) is 0. The van der Waals surface area contributed by atoms with Crippen LogP contribution < -0.4 is 0 Å².